The largest absolute Gasteiger partial charge is 0.319 e. The summed E-state index contributed by atoms with van der Waals surface area (Å²) >= 11 is 1.37. The van der Waals surface area contributed by atoms with Crippen molar-refractivity contribution in [2.75, 3.05) is 0 Å². The molecule has 21 heavy (non-hydrogen) atoms. The van der Waals surface area contributed by atoms with Gasteiger partial charge in [0.05, 0.1) is 16.6 Å². The number of aromatic nitrogens is 3. The molecule has 0 saturated heterocycles. The molecule has 0 aliphatic heterocycles. The molecule has 3 aromatic rings. The number of fused-ring (bicyclic) bond motifs is 1. The molecule has 0 spiro atoms. The molecule has 1 aromatic carbocycles. The predicted molar refractivity (Wildman–Crippen MR) is 86.4 cm³/mol. The molecule has 1 unspecified atom stereocenters. The lowest BCUT2D eigenvalue weighted by molar-refractivity contribution is 0.557. The van der Waals surface area contributed by atoms with Crippen LogP contribution in [0.5, 0.6) is 0 Å². The summed E-state index contributed by atoms with van der Waals surface area (Å²) in [7, 11) is 0. The lowest BCUT2D eigenvalue weighted by Gasteiger charge is -2.20. The SMILES string of the molecule is CC(C)(C)c1nnsc1C(N)c1cncc2ccccc12. The smallest absolute Gasteiger partial charge is 0.0860 e. The zero-order valence-electron chi connectivity index (χ0n) is 12.4. The first-order valence-electron chi connectivity index (χ1n) is 6.89. The molecule has 5 heteroatoms. The average Bonchev–Trinajstić information content (AvgIpc) is 2.95. The number of pyridine rings is 1. The Morgan fingerprint density at radius 3 is 2.67 bits per heavy atom. The molecule has 2 aromatic heterocycles. The minimum Gasteiger partial charge on any atom is -0.319 e. The van der Waals surface area contributed by atoms with Gasteiger partial charge in [-0.25, -0.2) is 0 Å². The van der Waals surface area contributed by atoms with E-state index < -0.39 is 0 Å². The number of rotatable bonds is 2. The summed E-state index contributed by atoms with van der Waals surface area (Å²) in [4.78, 5) is 5.33. The van der Waals surface area contributed by atoms with E-state index >= 15 is 0 Å². The third-order valence-electron chi connectivity index (χ3n) is 3.54. The fourth-order valence-corrected chi connectivity index (χ4v) is 3.33. The van der Waals surface area contributed by atoms with E-state index in [-0.39, 0.29) is 11.5 Å². The van der Waals surface area contributed by atoms with Gasteiger partial charge in [-0.15, -0.1) is 5.10 Å². The summed E-state index contributed by atoms with van der Waals surface area (Å²) in [5, 5.41) is 6.51. The topological polar surface area (TPSA) is 64.7 Å². The number of nitrogens with two attached hydrogens (primary N) is 1. The normalized spacial score (nSPS) is 13.5. The molecule has 0 aliphatic rings. The Hall–Kier alpha value is -1.85. The zero-order chi connectivity index (χ0) is 15.0. The highest BCUT2D eigenvalue weighted by molar-refractivity contribution is 7.05. The summed E-state index contributed by atoms with van der Waals surface area (Å²) in [5.41, 5.74) is 8.43. The van der Waals surface area contributed by atoms with Gasteiger partial charge < -0.3 is 5.73 Å². The zero-order valence-corrected chi connectivity index (χ0v) is 13.2. The molecular formula is C16H18N4S. The fourth-order valence-electron chi connectivity index (χ4n) is 2.45. The Bertz CT molecular complexity index is 768. The average molecular weight is 298 g/mol. The number of hydrogen-bond acceptors (Lipinski definition) is 5. The maximum Gasteiger partial charge on any atom is 0.0860 e. The van der Waals surface area contributed by atoms with Gasteiger partial charge in [0.1, 0.15) is 0 Å². The van der Waals surface area contributed by atoms with Crippen molar-refractivity contribution in [2.24, 2.45) is 5.73 Å². The molecule has 0 aliphatic carbocycles. The van der Waals surface area contributed by atoms with Gasteiger partial charge in [-0.3, -0.25) is 4.98 Å². The Kier molecular flexibility index (Phi) is 3.47. The molecule has 0 saturated carbocycles. The number of hydrogen-bond donors (Lipinski definition) is 1. The maximum atomic E-state index is 6.51. The van der Waals surface area contributed by atoms with E-state index in [4.69, 9.17) is 5.73 Å². The van der Waals surface area contributed by atoms with Crippen molar-refractivity contribution in [3.63, 3.8) is 0 Å². The Morgan fingerprint density at radius 2 is 1.90 bits per heavy atom. The standard InChI is InChI=1S/C16H18N4S/c1-16(2,3)15-14(21-20-19-15)13(17)12-9-18-8-10-6-4-5-7-11(10)12/h4-9,13H,17H2,1-3H3. The highest BCUT2D eigenvalue weighted by atomic mass is 32.1. The van der Waals surface area contributed by atoms with Gasteiger partial charge in [0.15, 0.2) is 0 Å². The molecule has 0 fully saturated rings. The van der Waals surface area contributed by atoms with Crippen LogP contribution in [0.2, 0.25) is 0 Å². The second-order valence-corrected chi connectivity index (χ2v) is 6.95. The number of benzene rings is 1. The van der Waals surface area contributed by atoms with Crippen molar-refractivity contribution in [2.45, 2.75) is 32.2 Å². The first-order valence-corrected chi connectivity index (χ1v) is 7.67. The second-order valence-electron chi connectivity index (χ2n) is 6.16. The van der Waals surface area contributed by atoms with Gasteiger partial charge in [0.25, 0.3) is 0 Å². The third kappa shape index (κ3) is 2.54. The molecule has 4 nitrogen and oxygen atoms in total. The van der Waals surface area contributed by atoms with Crippen LogP contribution >= 0.6 is 11.5 Å². The van der Waals surface area contributed by atoms with Crippen molar-refractivity contribution in [1.29, 1.82) is 0 Å². The summed E-state index contributed by atoms with van der Waals surface area (Å²) < 4.78 is 4.11. The lowest BCUT2D eigenvalue weighted by Crippen LogP contribution is -2.20. The fraction of sp³-hybridized carbons (Fsp3) is 0.312. The number of nitrogens with zero attached hydrogens (tertiary/aromatic N) is 3. The van der Waals surface area contributed by atoms with Gasteiger partial charge in [-0.05, 0) is 16.9 Å². The van der Waals surface area contributed by atoms with Crippen molar-refractivity contribution < 1.29 is 0 Å². The van der Waals surface area contributed by atoms with E-state index in [0.29, 0.717) is 0 Å². The summed E-state index contributed by atoms with van der Waals surface area (Å²) in [6.07, 6.45) is 3.71. The van der Waals surface area contributed by atoms with Gasteiger partial charge in [-0.2, -0.15) is 0 Å². The van der Waals surface area contributed by atoms with E-state index in [1.165, 1.54) is 11.5 Å². The monoisotopic (exact) mass is 298 g/mol. The summed E-state index contributed by atoms with van der Waals surface area (Å²) in [6, 6.07) is 7.91. The molecular weight excluding hydrogens is 280 g/mol. The van der Waals surface area contributed by atoms with E-state index in [1.807, 2.05) is 30.6 Å². The molecule has 0 amide bonds. The van der Waals surface area contributed by atoms with E-state index in [0.717, 1.165) is 26.9 Å². The molecule has 2 N–H and O–H groups in total. The lowest BCUT2D eigenvalue weighted by atomic mass is 9.88. The van der Waals surface area contributed by atoms with Crippen molar-refractivity contribution in [1.82, 2.24) is 14.6 Å². The Balaban J connectivity index is 2.14. The van der Waals surface area contributed by atoms with Crippen LogP contribution in [0.4, 0.5) is 0 Å². The van der Waals surface area contributed by atoms with E-state index in [2.05, 4.69) is 41.4 Å². The van der Waals surface area contributed by atoms with Crippen molar-refractivity contribution in [3.05, 3.63) is 52.8 Å². The quantitative estimate of drug-likeness (QED) is 0.787. The Morgan fingerprint density at radius 1 is 1.14 bits per heavy atom. The van der Waals surface area contributed by atoms with Crippen LogP contribution < -0.4 is 5.73 Å². The van der Waals surface area contributed by atoms with Crippen LogP contribution in [0.3, 0.4) is 0 Å². The minimum atomic E-state index is -0.252. The summed E-state index contributed by atoms with van der Waals surface area (Å²) in [5.74, 6) is 0. The molecule has 1 atom stereocenters. The van der Waals surface area contributed by atoms with Crippen molar-refractivity contribution >= 4 is 22.3 Å². The van der Waals surface area contributed by atoms with Crippen LogP contribution in [0.1, 0.15) is 42.9 Å². The van der Waals surface area contributed by atoms with Crippen LogP contribution in [0.15, 0.2) is 36.7 Å². The highest BCUT2D eigenvalue weighted by Gasteiger charge is 2.27. The van der Waals surface area contributed by atoms with Crippen LogP contribution in [-0.2, 0) is 5.41 Å². The molecule has 0 radical (unpaired) electrons. The second kappa shape index (κ2) is 5.16. The van der Waals surface area contributed by atoms with Gasteiger partial charge in [-0.1, -0.05) is 49.5 Å². The van der Waals surface area contributed by atoms with Crippen LogP contribution in [-0.4, -0.2) is 14.6 Å². The third-order valence-corrected chi connectivity index (χ3v) is 4.35. The van der Waals surface area contributed by atoms with Gasteiger partial charge in [0, 0.05) is 28.8 Å². The Labute approximate surface area is 128 Å². The molecule has 2 heterocycles. The molecule has 108 valence electrons. The van der Waals surface area contributed by atoms with E-state index in [9.17, 15) is 0 Å². The molecule has 3 rings (SSSR count). The van der Waals surface area contributed by atoms with E-state index in [1.54, 1.807) is 0 Å². The highest BCUT2D eigenvalue weighted by Crippen LogP contribution is 2.34. The molecule has 0 bridgehead atoms. The van der Waals surface area contributed by atoms with Crippen molar-refractivity contribution in [3.8, 4) is 0 Å². The first-order chi connectivity index (χ1) is 9.98. The summed E-state index contributed by atoms with van der Waals surface area (Å²) in [6.45, 7) is 6.38. The van der Waals surface area contributed by atoms with Gasteiger partial charge >= 0.3 is 0 Å². The first kappa shape index (κ1) is 14.1. The van der Waals surface area contributed by atoms with Crippen LogP contribution in [0.25, 0.3) is 10.8 Å². The van der Waals surface area contributed by atoms with Gasteiger partial charge in [0.2, 0.25) is 0 Å². The maximum absolute atomic E-state index is 6.51. The van der Waals surface area contributed by atoms with Crippen LogP contribution in [0, 0.1) is 0 Å². The predicted octanol–water partition coefficient (Wildman–Crippen LogP) is 3.43. The minimum absolute atomic E-state index is 0.0715.